The van der Waals surface area contributed by atoms with Crippen LogP contribution in [0.5, 0.6) is 5.75 Å². The van der Waals surface area contributed by atoms with E-state index in [9.17, 15) is 9.59 Å². The Morgan fingerprint density at radius 2 is 1.63 bits per heavy atom. The summed E-state index contributed by atoms with van der Waals surface area (Å²) in [6, 6.07) is 15.4. The van der Waals surface area contributed by atoms with Gasteiger partial charge in [0, 0.05) is 0 Å². The van der Waals surface area contributed by atoms with Gasteiger partial charge in [-0.25, -0.2) is 0 Å². The van der Waals surface area contributed by atoms with Gasteiger partial charge in [-0.1, -0.05) is 43.3 Å². The van der Waals surface area contributed by atoms with E-state index in [1.54, 1.807) is 0 Å². The van der Waals surface area contributed by atoms with Gasteiger partial charge in [0.15, 0.2) is 0 Å². The maximum Gasteiger partial charge on any atom is 0.268 e. The maximum absolute atomic E-state index is 12.9. The van der Waals surface area contributed by atoms with Crippen LogP contribution in [0, 0.1) is 13.8 Å². The highest BCUT2D eigenvalue weighted by molar-refractivity contribution is 8.04. The van der Waals surface area contributed by atoms with Crippen LogP contribution in [0.15, 0.2) is 53.4 Å². The zero-order valence-electron chi connectivity index (χ0n) is 15.8. The Morgan fingerprint density at radius 3 is 2.26 bits per heavy atom. The average molecular weight is 381 g/mol. The molecular weight excluding hydrogens is 358 g/mol. The number of aryl methyl sites for hydroxylation is 2. The van der Waals surface area contributed by atoms with Crippen molar-refractivity contribution in [2.24, 2.45) is 0 Å². The summed E-state index contributed by atoms with van der Waals surface area (Å²) in [5.41, 5.74) is 3.52. The molecule has 0 saturated carbocycles. The smallest absolute Gasteiger partial charge is 0.268 e. The van der Waals surface area contributed by atoms with Crippen molar-refractivity contribution in [3.05, 3.63) is 70.1 Å². The van der Waals surface area contributed by atoms with Gasteiger partial charge >= 0.3 is 0 Å². The summed E-state index contributed by atoms with van der Waals surface area (Å²) >= 11 is 1.42. The number of hydrogen-bond donors (Lipinski definition) is 0. The number of carbonyl (C=O) groups excluding carboxylic acids is 2. The van der Waals surface area contributed by atoms with Crippen molar-refractivity contribution in [3.63, 3.8) is 0 Å². The van der Waals surface area contributed by atoms with E-state index in [1.165, 1.54) is 16.7 Å². The maximum atomic E-state index is 12.9. The Morgan fingerprint density at radius 1 is 0.963 bits per heavy atom. The molecule has 0 radical (unpaired) electrons. The lowest BCUT2D eigenvalue weighted by molar-refractivity contribution is -0.136. The lowest BCUT2D eigenvalue weighted by Gasteiger charge is -2.16. The van der Waals surface area contributed by atoms with Gasteiger partial charge in [0.1, 0.15) is 12.4 Å². The molecule has 140 valence electrons. The van der Waals surface area contributed by atoms with Crippen LogP contribution in [0.1, 0.15) is 23.6 Å². The highest BCUT2D eigenvalue weighted by Crippen LogP contribution is 2.35. The monoisotopic (exact) mass is 381 g/mol. The Bertz CT molecular complexity index is 869. The number of rotatable bonds is 7. The molecule has 0 fully saturated rings. The molecule has 4 nitrogen and oxygen atoms in total. The third-order valence-corrected chi connectivity index (χ3v) is 5.21. The van der Waals surface area contributed by atoms with Crippen LogP contribution in [0.2, 0.25) is 0 Å². The van der Waals surface area contributed by atoms with Crippen LogP contribution in [-0.4, -0.2) is 35.6 Å². The first kappa shape index (κ1) is 19.2. The minimum absolute atomic E-state index is 0.227. The van der Waals surface area contributed by atoms with E-state index in [1.807, 2.05) is 63.2 Å². The Balaban J connectivity index is 1.74. The van der Waals surface area contributed by atoms with Crippen LogP contribution in [0.25, 0.3) is 5.57 Å². The summed E-state index contributed by atoms with van der Waals surface area (Å²) in [5, 5.41) is 0. The predicted molar refractivity (Wildman–Crippen MR) is 110 cm³/mol. The number of carbonyl (C=O) groups is 2. The summed E-state index contributed by atoms with van der Waals surface area (Å²) in [7, 11) is 0. The first-order chi connectivity index (χ1) is 13.0. The number of nitrogens with zero attached hydrogens (tertiary/aromatic N) is 1. The molecular formula is C22H23NO3S. The number of amides is 2. The summed E-state index contributed by atoms with van der Waals surface area (Å²) in [6.45, 7) is 6.50. The van der Waals surface area contributed by atoms with Gasteiger partial charge in [0.25, 0.3) is 11.8 Å². The first-order valence-corrected chi connectivity index (χ1v) is 9.99. The molecule has 0 atom stereocenters. The van der Waals surface area contributed by atoms with Crippen molar-refractivity contribution >= 4 is 29.1 Å². The number of hydrogen-bond acceptors (Lipinski definition) is 4. The molecule has 2 aromatic rings. The number of ether oxygens (including phenoxy) is 1. The lowest BCUT2D eigenvalue weighted by Crippen LogP contribution is -2.35. The number of thioether (sulfide) groups is 1. The zero-order valence-corrected chi connectivity index (χ0v) is 16.6. The zero-order chi connectivity index (χ0) is 19.4. The van der Waals surface area contributed by atoms with Crippen molar-refractivity contribution in [1.29, 1.82) is 0 Å². The number of imide groups is 1. The molecule has 2 amide bonds. The first-order valence-electron chi connectivity index (χ1n) is 9.01. The largest absolute Gasteiger partial charge is 0.492 e. The molecule has 3 rings (SSSR count). The lowest BCUT2D eigenvalue weighted by atomic mass is 10.1. The van der Waals surface area contributed by atoms with Crippen molar-refractivity contribution in [2.75, 3.05) is 18.9 Å². The van der Waals surface area contributed by atoms with Crippen LogP contribution >= 0.6 is 11.8 Å². The standard InChI is InChI=1S/C22H23NO3S/c1-4-27-20-19(17-8-6-5-7-9-17)21(24)23(22(20)25)10-11-26-18-13-15(2)12-16(3)14-18/h5-9,12-14H,4,10-11H2,1-3H3. The minimum Gasteiger partial charge on any atom is -0.492 e. The van der Waals surface area contributed by atoms with E-state index >= 15 is 0 Å². The molecule has 0 aromatic heterocycles. The van der Waals surface area contributed by atoms with Crippen molar-refractivity contribution in [3.8, 4) is 5.75 Å². The van der Waals surface area contributed by atoms with Crippen molar-refractivity contribution in [1.82, 2.24) is 4.90 Å². The average Bonchev–Trinajstić information content (AvgIpc) is 2.86. The van der Waals surface area contributed by atoms with E-state index in [4.69, 9.17) is 4.74 Å². The van der Waals surface area contributed by atoms with Gasteiger partial charge in [-0.15, -0.1) is 11.8 Å². The van der Waals surface area contributed by atoms with E-state index < -0.39 is 0 Å². The summed E-state index contributed by atoms with van der Waals surface area (Å²) in [4.78, 5) is 27.6. The van der Waals surface area contributed by atoms with E-state index in [-0.39, 0.29) is 25.0 Å². The Hall–Kier alpha value is -2.53. The fourth-order valence-corrected chi connectivity index (χ4v) is 4.04. The molecule has 0 spiro atoms. The fourth-order valence-electron chi connectivity index (χ4n) is 3.17. The predicted octanol–water partition coefficient (Wildman–Crippen LogP) is 4.22. The minimum atomic E-state index is -0.244. The van der Waals surface area contributed by atoms with Crippen molar-refractivity contribution in [2.45, 2.75) is 20.8 Å². The molecule has 0 unspecified atom stereocenters. The summed E-state index contributed by atoms with van der Waals surface area (Å²) < 4.78 is 5.79. The normalized spacial score (nSPS) is 14.3. The van der Waals surface area contributed by atoms with Gasteiger partial charge in [-0.3, -0.25) is 14.5 Å². The fraction of sp³-hybridized carbons (Fsp3) is 0.273. The molecule has 27 heavy (non-hydrogen) atoms. The molecule has 0 N–H and O–H groups in total. The Kier molecular flexibility index (Phi) is 6.01. The second kappa shape index (κ2) is 8.44. The van der Waals surface area contributed by atoms with Crippen LogP contribution < -0.4 is 4.74 Å². The molecule has 5 heteroatoms. The quantitative estimate of drug-likeness (QED) is 0.674. The van der Waals surface area contributed by atoms with Gasteiger partial charge in [0.05, 0.1) is 17.0 Å². The highest BCUT2D eigenvalue weighted by atomic mass is 32.2. The van der Waals surface area contributed by atoms with E-state index in [0.29, 0.717) is 10.5 Å². The second-order valence-corrected chi connectivity index (χ2v) is 7.71. The molecule has 0 bridgehead atoms. The molecule has 0 saturated heterocycles. The van der Waals surface area contributed by atoms with Crippen LogP contribution in [0.3, 0.4) is 0 Å². The van der Waals surface area contributed by atoms with Crippen LogP contribution in [0.4, 0.5) is 0 Å². The molecule has 1 heterocycles. The second-order valence-electron chi connectivity index (χ2n) is 6.44. The third kappa shape index (κ3) is 4.25. The molecule has 0 aliphatic carbocycles. The molecule has 1 aliphatic heterocycles. The van der Waals surface area contributed by atoms with Crippen LogP contribution in [-0.2, 0) is 9.59 Å². The van der Waals surface area contributed by atoms with Gasteiger partial charge in [-0.2, -0.15) is 0 Å². The Labute approximate surface area is 164 Å². The highest BCUT2D eigenvalue weighted by Gasteiger charge is 2.38. The SMILES string of the molecule is CCSC1=C(c2ccccc2)C(=O)N(CCOc2cc(C)cc(C)c2)C1=O. The summed E-state index contributed by atoms with van der Waals surface area (Å²) in [5.74, 6) is 1.02. The topological polar surface area (TPSA) is 46.6 Å². The van der Waals surface area contributed by atoms with Gasteiger partial charge < -0.3 is 4.74 Å². The number of benzene rings is 2. The van der Waals surface area contributed by atoms with Gasteiger partial charge in [0.2, 0.25) is 0 Å². The van der Waals surface area contributed by atoms with Gasteiger partial charge in [-0.05, 0) is 48.4 Å². The molecule has 1 aliphatic rings. The summed E-state index contributed by atoms with van der Waals surface area (Å²) in [6.07, 6.45) is 0. The third-order valence-electron chi connectivity index (χ3n) is 4.26. The van der Waals surface area contributed by atoms with E-state index in [2.05, 4.69) is 6.07 Å². The van der Waals surface area contributed by atoms with E-state index in [0.717, 1.165) is 28.2 Å². The molecule has 2 aromatic carbocycles. The van der Waals surface area contributed by atoms with Crippen molar-refractivity contribution < 1.29 is 14.3 Å².